The molecule has 0 bridgehead atoms. The van der Waals surface area contributed by atoms with E-state index in [9.17, 15) is 13.2 Å². The summed E-state index contributed by atoms with van der Waals surface area (Å²) < 4.78 is 43.9. The zero-order chi connectivity index (χ0) is 38.5. The fourth-order valence-corrected chi connectivity index (χ4v) is 12.4. The van der Waals surface area contributed by atoms with Gasteiger partial charge >= 0.3 is 0 Å². The van der Waals surface area contributed by atoms with E-state index in [-0.39, 0.29) is 18.0 Å². The lowest BCUT2D eigenvalue weighted by molar-refractivity contribution is -0.201. The maximum atomic E-state index is 13.1. The zero-order valence-electron chi connectivity index (χ0n) is 31.7. The minimum absolute atomic E-state index is 0.00592. The first-order chi connectivity index (χ1) is 25.7. The summed E-state index contributed by atoms with van der Waals surface area (Å²) in [4.78, 5) is 18.5. The molecule has 0 saturated carbocycles. The Morgan fingerprint density at radius 2 is 1.69 bits per heavy atom. The standard InChI is InChI=1S/C42H49N3O7SSi/c1-40(2,3)54(35-17-8-6-9-18-35,36-19-10-7-11-20-36)51-32-42(30-49-31-42)24-14-12-16-33-22-23-37-34(28-33)29-45(43-37)26-25-41(4,53(5,47)48)39(46)44-52-38-21-13-15-27-50-38/h6-11,17-20,22-23,28-29,38H,13,15,21,25-27,30-32H2,1-5H3,(H,44,46)/t38?,41-/m1/s1. The van der Waals surface area contributed by atoms with Crippen LogP contribution in [0.1, 0.15) is 58.9 Å². The Balaban J connectivity index is 1.14. The first-order valence-electron chi connectivity index (χ1n) is 18.4. The van der Waals surface area contributed by atoms with E-state index in [1.54, 1.807) is 4.68 Å². The van der Waals surface area contributed by atoms with Crippen LogP contribution in [-0.4, -0.2) is 76.1 Å². The van der Waals surface area contributed by atoms with E-state index < -0.39 is 40.5 Å². The molecule has 10 nitrogen and oxygen atoms in total. The summed E-state index contributed by atoms with van der Waals surface area (Å²) in [5.74, 6) is 11.9. The third-order valence-corrected chi connectivity index (χ3v) is 17.4. The molecular weight excluding hydrogens is 719 g/mol. The lowest BCUT2D eigenvalue weighted by atomic mass is 9.88. The topological polar surface area (TPSA) is 118 Å². The van der Waals surface area contributed by atoms with Crippen LogP contribution in [-0.2, 0) is 39.9 Å². The number of aryl methyl sites for hydroxylation is 1. The molecule has 0 aliphatic carbocycles. The summed E-state index contributed by atoms with van der Waals surface area (Å²) in [6.45, 7) is 10.3. The predicted octanol–water partition coefficient (Wildman–Crippen LogP) is 4.75. The van der Waals surface area contributed by atoms with Gasteiger partial charge in [0.15, 0.2) is 20.9 Å². The summed E-state index contributed by atoms with van der Waals surface area (Å²) in [5, 5.41) is 7.72. The van der Waals surface area contributed by atoms with E-state index in [0.717, 1.165) is 35.6 Å². The normalized spacial score (nSPS) is 18.3. The average molecular weight is 768 g/mol. The average Bonchev–Trinajstić information content (AvgIpc) is 3.56. The Morgan fingerprint density at radius 3 is 2.26 bits per heavy atom. The smallest absolute Gasteiger partial charge is 0.264 e. The van der Waals surface area contributed by atoms with Gasteiger partial charge in [-0.1, -0.05) is 93.3 Å². The van der Waals surface area contributed by atoms with E-state index >= 15 is 0 Å². The fraction of sp³-hybridized carbons (Fsp3) is 0.429. The molecule has 2 fully saturated rings. The van der Waals surface area contributed by atoms with Crippen molar-refractivity contribution in [2.75, 3.05) is 32.7 Å². The molecule has 3 heterocycles. The van der Waals surface area contributed by atoms with Crippen LogP contribution in [0.2, 0.25) is 5.04 Å². The van der Waals surface area contributed by atoms with Crippen LogP contribution in [0.3, 0.4) is 0 Å². The van der Waals surface area contributed by atoms with Gasteiger partial charge in [0, 0.05) is 43.0 Å². The van der Waals surface area contributed by atoms with E-state index in [2.05, 4.69) is 104 Å². The van der Waals surface area contributed by atoms with Crippen LogP contribution >= 0.6 is 0 Å². The highest BCUT2D eigenvalue weighted by Crippen LogP contribution is 2.39. The van der Waals surface area contributed by atoms with Gasteiger partial charge in [0.05, 0.1) is 25.3 Å². The lowest BCUT2D eigenvalue weighted by Crippen LogP contribution is -2.68. The molecule has 6 rings (SSSR count). The predicted molar refractivity (Wildman–Crippen MR) is 212 cm³/mol. The molecule has 3 aromatic carbocycles. The van der Waals surface area contributed by atoms with Crippen molar-refractivity contribution in [3.63, 3.8) is 0 Å². The van der Waals surface area contributed by atoms with Gasteiger partial charge < -0.3 is 13.9 Å². The van der Waals surface area contributed by atoms with Gasteiger partial charge in [-0.25, -0.2) is 18.7 Å². The number of hydrogen-bond acceptors (Lipinski definition) is 8. The maximum Gasteiger partial charge on any atom is 0.264 e. The molecule has 0 radical (unpaired) electrons. The number of amides is 1. The van der Waals surface area contributed by atoms with Crippen LogP contribution < -0.4 is 15.9 Å². The third kappa shape index (κ3) is 8.50. The molecule has 2 atom stereocenters. The second-order valence-electron chi connectivity index (χ2n) is 15.5. The Morgan fingerprint density at radius 1 is 1.00 bits per heavy atom. The Bertz CT molecular complexity index is 2130. The highest BCUT2D eigenvalue weighted by molar-refractivity contribution is 7.92. The summed E-state index contributed by atoms with van der Waals surface area (Å²) in [6, 6.07) is 26.8. The number of nitrogens with one attached hydrogen (secondary N) is 1. The van der Waals surface area contributed by atoms with Gasteiger partial charge in [0.2, 0.25) is 0 Å². The van der Waals surface area contributed by atoms with Gasteiger partial charge in [0.25, 0.3) is 14.2 Å². The van der Waals surface area contributed by atoms with E-state index in [1.807, 2.05) is 36.5 Å². The van der Waals surface area contributed by atoms with Crippen molar-refractivity contribution in [2.45, 2.75) is 76.0 Å². The molecule has 2 aliphatic rings. The van der Waals surface area contributed by atoms with Crippen molar-refractivity contribution in [2.24, 2.45) is 5.41 Å². The van der Waals surface area contributed by atoms with Crippen LogP contribution in [0.15, 0.2) is 85.1 Å². The number of benzene rings is 3. The SMILES string of the molecule is CC(C)(C)[Si](OCC1(C#CC#Cc2ccc3nn(CC[C@](C)(C(=O)NOC4CCCCO4)S(C)(=O)=O)cc3c2)COC1)(c1ccccc1)c1ccccc1. The van der Waals surface area contributed by atoms with Crippen LogP contribution in [0, 0.1) is 29.1 Å². The molecule has 1 aromatic heterocycles. The van der Waals surface area contributed by atoms with Crippen LogP contribution in [0.25, 0.3) is 10.9 Å². The molecule has 0 spiro atoms. The molecule has 2 aliphatic heterocycles. The molecule has 284 valence electrons. The molecule has 4 aromatic rings. The van der Waals surface area contributed by atoms with Gasteiger partial charge in [0.1, 0.15) is 5.41 Å². The van der Waals surface area contributed by atoms with E-state index in [0.29, 0.717) is 32.8 Å². The fourth-order valence-electron chi connectivity index (χ4n) is 6.91. The number of nitrogens with zero attached hydrogens (tertiary/aromatic N) is 2. The molecule has 1 N–H and O–H groups in total. The molecule has 12 heteroatoms. The number of rotatable bonds is 12. The number of sulfone groups is 1. The van der Waals surface area contributed by atoms with Crippen molar-refractivity contribution in [3.05, 3.63) is 90.6 Å². The van der Waals surface area contributed by atoms with Crippen molar-refractivity contribution in [3.8, 4) is 23.7 Å². The summed E-state index contributed by atoms with van der Waals surface area (Å²) >= 11 is 0. The summed E-state index contributed by atoms with van der Waals surface area (Å²) in [7, 11) is -6.54. The second kappa shape index (κ2) is 16.2. The third-order valence-electron chi connectivity index (χ3n) is 10.4. The maximum absolute atomic E-state index is 13.1. The second-order valence-corrected chi connectivity index (χ2v) is 22.2. The molecular formula is C42H49N3O7SSi. The highest BCUT2D eigenvalue weighted by atomic mass is 32.2. The number of fused-ring (bicyclic) bond motifs is 1. The lowest BCUT2D eigenvalue weighted by Gasteiger charge is -2.46. The molecule has 2 saturated heterocycles. The molecule has 54 heavy (non-hydrogen) atoms. The van der Waals surface area contributed by atoms with Crippen molar-refractivity contribution >= 4 is 45.3 Å². The highest BCUT2D eigenvalue weighted by Gasteiger charge is 2.52. The molecule has 1 unspecified atom stereocenters. The summed E-state index contributed by atoms with van der Waals surface area (Å²) in [6.07, 6.45) is 4.74. The first-order valence-corrected chi connectivity index (χ1v) is 22.2. The van der Waals surface area contributed by atoms with E-state index in [4.69, 9.17) is 18.7 Å². The Labute approximate surface area is 319 Å². The number of carbonyl (C=O) groups excluding carboxylic acids is 1. The Hall–Kier alpha value is -4.27. The largest absolute Gasteiger partial charge is 0.406 e. The molecule has 1 amide bonds. The van der Waals surface area contributed by atoms with Gasteiger partial charge in [-0.05, 0) is 71.6 Å². The Kier molecular flexibility index (Phi) is 11.8. The number of carbonyl (C=O) groups is 1. The monoisotopic (exact) mass is 767 g/mol. The summed E-state index contributed by atoms with van der Waals surface area (Å²) in [5.41, 5.74) is 3.36. The number of aromatic nitrogens is 2. The quantitative estimate of drug-likeness (QED) is 0.125. The first kappa shape index (κ1) is 39.4. The van der Waals surface area contributed by atoms with E-state index in [1.165, 1.54) is 17.3 Å². The van der Waals surface area contributed by atoms with Crippen LogP contribution in [0.4, 0.5) is 0 Å². The minimum atomic E-state index is -3.81. The zero-order valence-corrected chi connectivity index (χ0v) is 33.5. The van der Waals surface area contributed by atoms with Crippen molar-refractivity contribution in [1.29, 1.82) is 0 Å². The van der Waals surface area contributed by atoms with Gasteiger partial charge in [-0.3, -0.25) is 9.48 Å². The van der Waals surface area contributed by atoms with Crippen LogP contribution in [0.5, 0.6) is 0 Å². The number of hydroxylamine groups is 1. The number of hydrogen-bond donors (Lipinski definition) is 1. The number of ether oxygens (including phenoxy) is 2. The van der Waals surface area contributed by atoms with Gasteiger partial charge in [-0.15, -0.1) is 0 Å². The van der Waals surface area contributed by atoms with Crippen molar-refractivity contribution < 1.29 is 31.9 Å². The van der Waals surface area contributed by atoms with Crippen molar-refractivity contribution in [1.82, 2.24) is 15.3 Å². The minimum Gasteiger partial charge on any atom is -0.406 e. The van der Waals surface area contributed by atoms with Gasteiger partial charge in [-0.2, -0.15) is 5.10 Å².